The maximum absolute atomic E-state index is 13.2. The summed E-state index contributed by atoms with van der Waals surface area (Å²) in [5.41, 5.74) is 1.08. The molecular formula is C22H21F6N6O+. The number of piperazine rings is 1. The number of hydrogen-bond acceptors (Lipinski definition) is 6. The van der Waals surface area contributed by atoms with Crippen molar-refractivity contribution in [2.24, 2.45) is 0 Å². The molecule has 1 fully saturated rings. The minimum absolute atomic E-state index is 0.0712. The smallest absolute Gasteiger partial charge is 0.434 e. The van der Waals surface area contributed by atoms with Crippen molar-refractivity contribution >= 4 is 23.3 Å². The van der Waals surface area contributed by atoms with E-state index < -0.39 is 24.5 Å². The van der Waals surface area contributed by atoms with Gasteiger partial charge in [-0.2, -0.15) is 41.3 Å². The molecule has 7 nitrogen and oxygen atoms in total. The van der Waals surface area contributed by atoms with Gasteiger partial charge in [-0.15, -0.1) is 0 Å². The second-order valence-electron chi connectivity index (χ2n) is 7.66. The van der Waals surface area contributed by atoms with Crippen LogP contribution in [0.5, 0.6) is 6.01 Å². The molecule has 1 aliphatic heterocycles. The summed E-state index contributed by atoms with van der Waals surface area (Å²) in [6, 6.07) is 16.2. The Labute approximate surface area is 196 Å². The Morgan fingerprint density at radius 3 is 1.77 bits per heavy atom. The van der Waals surface area contributed by atoms with Gasteiger partial charge in [-0.25, -0.2) is 0 Å². The second-order valence-corrected chi connectivity index (χ2v) is 7.66. The normalized spacial score (nSPS) is 14.8. The Hall–Kier alpha value is -3.61. The van der Waals surface area contributed by atoms with E-state index in [4.69, 9.17) is 0 Å². The fourth-order valence-corrected chi connectivity index (χ4v) is 3.54. The molecule has 0 aliphatic carbocycles. The number of alkyl halides is 6. The maximum atomic E-state index is 13.2. The molecule has 3 aromatic rings. The van der Waals surface area contributed by atoms with E-state index in [0.29, 0.717) is 37.6 Å². The van der Waals surface area contributed by atoms with Crippen LogP contribution in [0.15, 0.2) is 60.7 Å². The van der Waals surface area contributed by atoms with Crippen molar-refractivity contribution in [1.29, 1.82) is 0 Å². The van der Waals surface area contributed by atoms with Crippen molar-refractivity contribution in [3.05, 3.63) is 60.7 Å². The average molecular weight is 499 g/mol. The molecule has 2 heterocycles. The Bertz CT molecular complexity index is 1050. The second kappa shape index (κ2) is 9.94. The molecule has 0 bridgehead atoms. The molecule has 0 spiro atoms. The predicted octanol–water partition coefficient (Wildman–Crippen LogP) is 3.60. The predicted molar refractivity (Wildman–Crippen MR) is 115 cm³/mol. The molecule has 0 saturated carbocycles. The van der Waals surface area contributed by atoms with Gasteiger partial charge in [0.15, 0.2) is 0 Å². The number of quaternary nitrogens is 1. The van der Waals surface area contributed by atoms with Crippen LogP contribution in [0.4, 0.5) is 49.6 Å². The Kier molecular flexibility index (Phi) is 6.96. The highest BCUT2D eigenvalue weighted by atomic mass is 19.4. The van der Waals surface area contributed by atoms with Gasteiger partial charge in [0.2, 0.25) is 11.9 Å². The first-order chi connectivity index (χ1) is 16.6. The third-order valence-corrected chi connectivity index (χ3v) is 5.13. The summed E-state index contributed by atoms with van der Waals surface area (Å²) in [7, 11) is 0. The number of hydrogen-bond donors (Lipinski definition) is 1. The monoisotopic (exact) mass is 499 g/mol. The fraction of sp³-hybridized carbons (Fsp3) is 0.318. The first-order valence-electron chi connectivity index (χ1n) is 10.7. The van der Waals surface area contributed by atoms with Gasteiger partial charge in [0.1, 0.15) is 0 Å². The van der Waals surface area contributed by atoms with Crippen LogP contribution in [-0.4, -0.2) is 59.6 Å². The van der Waals surface area contributed by atoms with Gasteiger partial charge in [0.25, 0.3) is 6.10 Å². The lowest BCUT2D eigenvalue weighted by molar-refractivity contribution is -0.655. The number of anilines is 4. The quantitative estimate of drug-likeness (QED) is 0.523. The van der Waals surface area contributed by atoms with E-state index in [9.17, 15) is 26.3 Å². The Balaban J connectivity index is 1.84. The lowest BCUT2D eigenvalue weighted by Gasteiger charge is -2.28. The van der Waals surface area contributed by atoms with E-state index in [1.165, 1.54) is 4.90 Å². The van der Waals surface area contributed by atoms with E-state index in [1.807, 2.05) is 5.32 Å². The van der Waals surface area contributed by atoms with Gasteiger partial charge in [-0.05, 0) is 24.3 Å². The van der Waals surface area contributed by atoms with E-state index in [2.05, 4.69) is 19.7 Å². The molecule has 1 saturated heterocycles. The van der Waals surface area contributed by atoms with Crippen molar-refractivity contribution in [2.75, 3.05) is 36.0 Å². The number of nitrogens with two attached hydrogens (primary N) is 1. The zero-order valence-corrected chi connectivity index (χ0v) is 18.2. The summed E-state index contributed by atoms with van der Waals surface area (Å²) >= 11 is 0. The van der Waals surface area contributed by atoms with Crippen LogP contribution in [0.25, 0.3) is 0 Å². The number of aromatic nitrogens is 3. The summed E-state index contributed by atoms with van der Waals surface area (Å²) < 4.78 is 83.6. The Morgan fingerprint density at radius 2 is 1.29 bits per heavy atom. The number of halogens is 6. The third kappa shape index (κ3) is 5.91. The number of nitrogens with zero attached hydrogens (tertiary/aromatic N) is 5. The van der Waals surface area contributed by atoms with Crippen molar-refractivity contribution in [1.82, 2.24) is 15.0 Å². The van der Waals surface area contributed by atoms with Gasteiger partial charge >= 0.3 is 18.4 Å². The lowest BCUT2D eigenvalue weighted by atomic mass is 10.2. The Morgan fingerprint density at radius 1 is 0.771 bits per heavy atom. The standard InChI is InChI=1S/C22H20F6N6O/c23-21(24,25)17(22(26,27)28)35-20-31-18(33-13-11-29-12-14-33)30-19(32-20)34(15-7-3-1-4-8-15)16-9-5-2-6-10-16/h1-10,17,29H,11-14H2/p+1. The lowest BCUT2D eigenvalue weighted by Crippen LogP contribution is -2.89. The molecular weight excluding hydrogens is 478 g/mol. The number of ether oxygens (including phenoxy) is 1. The molecule has 0 amide bonds. The molecule has 2 N–H and O–H groups in total. The maximum Gasteiger partial charge on any atom is 0.434 e. The van der Waals surface area contributed by atoms with Crippen LogP contribution < -0.4 is 19.9 Å². The number of para-hydroxylation sites is 2. The van der Waals surface area contributed by atoms with Crippen molar-refractivity contribution < 1.29 is 36.4 Å². The van der Waals surface area contributed by atoms with Crippen LogP contribution in [0, 0.1) is 0 Å². The summed E-state index contributed by atoms with van der Waals surface area (Å²) in [6.45, 7) is 2.21. The van der Waals surface area contributed by atoms with Crippen LogP contribution >= 0.6 is 0 Å². The molecule has 2 aromatic carbocycles. The highest BCUT2D eigenvalue weighted by Crippen LogP contribution is 2.37. The largest absolute Gasteiger partial charge is 0.440 e. The molecule has 1 aliphatic rings. The zero-order valence-electron chi connectivity index (χ0n) is 18.2. The summed E-state index contributed by atoms with van der Waals surface area (Å²) in [5.74, 6) is -0.252. The van der Waals surface area contributed by atoms with Crippen LogP contribution in [0.1, 0.15) is 0 Å². The fourth-order valence-electron chi connectivity index (χ4n) is 3.54. The minimum atomic E-state index is -5.72. The number of rotatable bonds is 6. The molecule has 0 radical (unpaired) electrons. The zero-order chi connectivity index (χ0) is 25.1. The van der Waals surface area contributed by atoms with Gasteiger partial charge in [0.05, 0.1) is 26.2 Å². The van der Waals surface area contributed by atoms with Gasteiger partial charge in [-0.1, -0.05) is 36.4 Å². The molecule has 4 rings (SSSR count). The highest BCUT2D eigenvalue weighted by molar-refractivity contribution is 5.72. The SMILES string of the molecule is FC(F)(F)C(Oc1nc(N2CC[NH2+]CC2)nc(N(c2ccccc2)c2ccccc2)n1)C(F)(F)F. The molecule has 1 aromatic heterocycles. The topological polar surface area (TPSA) is 71.0 Å². The highest BCUT2D eigenvalue weighted by Gasteiger charge is 2.59. The minimum Gasteiger partial charge on any atom is -0.440 e. The van der Waals surface area contributed by atoms with Crippen LogP contribution in [0.2, 0.25) is 0 Å². The van der Waals surface area contributed by atoms with Crippen LogP contribution in [0.3, 0.4) is 0 Å². The molecule has 0 atom stereocenters. The average Bonchev–Trinajstić information content (AvgIpc) is 2.83. The molecule has 186 valence electrons. The third-order valence-electron chi connectivity index (χ3n) is 5.13. The van der Waals surface area contributed by atoms with E-state index in [0.717, 1.165) is 0 Å². The van der Waals surface area contributed by atoms with E-state index in [1.54, 1.807) is 65.6 Å². The summed E-state index contributed by atoms with van der Waals surface area (Å²) in [6.07, 6.45) is -15.5. The van der Waals surface area contributed by atoms with Gasteiger partial charge in [-0.3, -0.25) is 4.90 Å². The van der Waals surface area contributed by atoms with E-state index >= 15 is 0 Å². The van der Waals surface area contributed by atoms with Crippen molar-refractivity contribution in [2.45, 2.75) is 18.5 Å². The van der Waals surface area contributed by atoms with Gasteiger partial charge in [0, 0.05) is 11.4 Å². The van der Waals surface area contributed by atoms with Crippen LogP contribution in [-0.2, 0) is 0 Å². The molecule has 35 heavy (non-hydrogen) atoms. The first-order valence-corrected chi connectivity index (χ1v) is 10.7. The van der Waals surface area contributed by atoms with Crippen molar-refractivity contribution in [3.8, 4) is 6.01 Å². The van der Waals surface area contributed by atoms with Gasteiger partial charge < -0.3 is 15.0 Å². The van der Waals surface area contributed by atoms with Crippen molar-refractivity contribution in [3.63, 3.8) is 0 Å². The summed E-state index contributed by atoms with van der Waals surface area (Å²) in [4.78, 5) is 15.3. The first kappa shape index (κ1) is 24.5. The molecule has 0 unspecified atom stereocenters. The molecule has 13 heteroatoms. The van der Waals surface area contributed by atoms with E-state index in [-0.39, 0.29) is 11.9 Å². The summed E-state index contributed by atoms with van der Waals surface area (Å²) in [5, 5.41) is 2.03. The number of benzene rings is 2.